The number of nitrogens with zero attached hydrogens (tertiary/aromatic N) is 2. The molecule has 3 aromatic rings. The van der Waals surface area contributed by atoms with Crippen LogP contribution in [0.4, 0.5) is 4.79 Å². The lowest BCUT2D eigenvalue weighted by Crippen LogP contribution is -2.46. The minimum atomic E-state index is -0.668. The van der Waals surface area contributed by atoms with E-state index in [1.165, 1.54) is 4.57 Å². The maximum atomic E-state index is 13.4. The monoisotopic (exact) mass is 484 g/mol. The van der Waals surface area contributed by atoms with Crippen LogP contribution >= 0.6 is 23.4 Å². The first-order valence-electron chi connectivity index (χ1n) is 10.9. The van der Waals surface area contributed by atoms with Crippen molar-refractivity contribution in [3.8, 4) is 5.69 Å². The minimum Gasteiger partial charge on any atom is -0.335 e. The largest absolute Gasteiger partial charge is 0.335 e. The molecule has 3 amide bonds. The van der Waals surface area contributed by atoms with E-state index in [4.69, 9.17) is 11.6 Å². The number of benzene rings is 2. The molecule has 2 aromatic carbocycles. The fourth-order valence-corrected chi connectivity index (χ4v) is 5.05. The summed E-state index contributed by atoms with van der Waals surface area (Å²) in [6, 6.07) is 12.0. The Morgan fingerprint density at radius 1 is 1.15 bits per heavy atom. The third-order valence-corrected chi connectivity index (χ3v) is 7.27. The van der Waals surface area contributed by atoms with Crippen molar-refractivity contribution in [3.05, 3.63) is 63.4 Å². The van der Waals surface area contributed by atoms with Crippen molar-refractivity contribution in [2.24, 2.45) is 0 Å². The molecule has 33 heavy (non-hydrogen) atoms. The van der Waals surface area contributed by atoms with Gasteiger partial charge < -0.3 is 5.32 Å². The summed E-state index contributed by atoms with van der Waals surface area (Å²) >= 11 is 7.44. The molecule has 2 N–H and O–H groups in total. The Labute approximate surface area is 200 Å². The van der Waals surface area contributed by atoms with Crippen LogP contribution in [0.3, 0.4) is 0 Å². The van der Waals surface area contributed by atoms with Crippen LogP contribution in [0.1, 0.15) is 38.2 Å². The van der Waals surface area contributed by atoms with Gasteiger partial charge in [0.1, 0.15) is 0 Å². The molecule has 0 radical (unpaired) electrons. The van der Waals surface area contributed by atoms with Crippen molar-refractivity contribution in [1.29, 1.82) is 0 Å². The molecule has 9 heteroatoms. The first-order valence-corrected chi connectivity index (χ1v) is 12.2. The highest BCUT2D eigenvalue weighted by atomic mass is 35.5. The molecule has 1 unspecified atom stereocenters. The predicted molar refractivity (Wildman–Crippen MR) is 131 cm³/mol. The summed E-state index contributed by atoms with van der Waals surface area (Å²) in [5.74, 6) is -0.452. The van der Waals surface area contributed by atoms with Crippen LogP contribution in [0.5, 0.6) is 0 Å². The average Bonchev–Trinajstić information content (AvgIpc) is 3.29. The summed E-state index contributed by atoms with van der Waals surface area (Å²) in [6.45, 7) is 3.51. The topological polar surface area (TPSA) is 93.1 Å². The Balaban J connectivity index is 1.65. The van der Waals surface area contributed by atoms with Crippen molar-refractivity contribution in [2.45, 2.75) is 56.0 Å². The number of nitrogens with one attached hydrogen (secondary N) is 2. The molecular weight excluding hydrogens is 460 g/mol. The number of fused-ring (bicyclic) bond motifs is 1. The third-order valence-electron chi connectivity index (χ3n) is 5.80. The lowest BCUT2D eigenvalue weighted by atomic mass is 10.2. The van der Waals surface area contributed by atoms with Crippen LogP contribution in [0, 0.1) is 6.92 Å². The van der Waals surface area contributed by atoms with E-state index in [1.54, 1.807) is 43.3 Å². The van der Waals surface area contributed by atoms with Gasteiger partial charge in [-0.05, 0) is 56.5 Å². The maximum absolute atomic E-state index is 13.4. The molecule has 172 valence electrons. The van der Waals surface area contributed by atoms with Crippen LogP contribution < -0.4 is 16.2 Å². The highest BCUT2D eigenvalue weighted by molar-refractivity contribution is 8.00. The van der Waals surface area contributed by atoms with E-state index in [1.807, 2.05) is 13.0 Å². The van der Waals surface area contributed by atoms with E-state index in [2.05, 4.69) is 15.6 Å². The molecular formula is C24H25ClN4O3S. The molecule has 1 fully saturated rings. The number of imide groups is 1. The number of halogens is 1. The molecule has 1 saturated carbocycles. The van der Waals surface area contributed by atoms with Crippen LogP contribution in [0.2, 0.25) is 5.02 Å². The smallest absolute Gasteiger partial charge is 0.321 e. The number of amides is 3. The fraction of sp³-hybridized carbons (Fsp3) is 0.333. The number of hydrogen-bond donors (Lipinski definition) is 2. The third kappa shape index (κ3) is 5.07. The van der Waals surface area contributed by atoms with E-state index in [9.17, 15) is 14.4 Å². The van der Waals surface area contributed by atoms with Gasteiger partial charge in [-0.15, -0.1) is 0 Å². The van der Waals surface area contributed by atoms with Crippen molar-refractivity contribution in [1.82, 2.24) is 20.2 Å². The first-order chi connectivity index (χ1) is 15.8. The number of aromatic nitrogens is 2. The van der Waals surface area contributed by atoms with Gasteiger partial charge in [0.05, 0.1) is 21.8 Å². The molecule has 4 rings (SSSR count). The van der Waals surface area contributed by atoms with Gasteiger partial charge in [-0.3, -0.25) is 19.5 Å². The van der Waals surface area contributed by atoms with E-state index in [0.29, 0.717) is 26.8 Å². The van der Waals surface area contributed by atoms with Gasteiger partial charge in [0, 0.05) is 11.1 Å². The quantitative estimate of drug-likeness (QED) is 0.408. The maximum Gasteiger partial charge on any atom is 0.321 e. The SMILES string of the molecule is Cc1c(Cl)cccc1-n1c(SC(C)C(=O)NC(=O)NC2CCCC2)nc2ccccc2c1=O. The summed E-state index contributed by atoms with van der Waals surface area (Å²) in [4.78, 5) is 43.1. The Hall–Kier alpha value is -2.84. The zero-order chi connectivity index (χ0) is 23.5. The standard InChI is InChI=1S/C24H25ClN4O3S/c1-14-18(25)11-7-13-20(14)29-22(31)17-10-5-6-12-19(17)27-24(29)33-15(2)21(30)28-23(32)26-16-8-3-4-9-16/h5-7,10-13,15-16H,3-4,8-9H2,1-2H3,(H2,26,28,30,32). The second kappa shape index (κ2) is 9.97. The zero-order valence-corrected chi connectivity index (χ0v) is 20.0. The summed E-state index contributed by atoms with van der Waals surface area (Å²) in [5, 5.41) is 5.93. The van der Waals surface area contributed by atoms with Crippen LogP contribution in [0.15, 0.2) is 52.4 Å². The van der Waals surface area contributed by atoms with Crippen molar-refractivity contribution >= 4 is 46.2 Å². The van der Waals surface area contributed by atoms with Gasteiger partial charge in [0.25, 0.3) is 5.56 Å². The molecule has 0 saturated heterocycles. The molecule has 7 nitrogen and oxygen atoms in total. The number of urea groups is 1. The Bertz CT molecular complexity index is 1270. The molecule has 0 spiro atoms. The summed E-state index contributed by atoms with van der Waals surface area (Å²) in [5.41, 5.74) is 1.61. The molecule has 1 atom stereocenters. The van der Waals surface area contributed by atoms with Crippen LogP contribution in [-0.2, 0) is 4.79 Å². The molecule has 0 aliphatic heterocycles. The van der Waals surface area contributed by atoms with Gasteiger partial charge in [-0.25, -0.2) is 9.78 Å². The fourth-order valence-electron chi connectivity index (χ4n) is 3.96. The van der Waals surface area contributed by atoms with E-state index >= 15 is 0 Å². The lowest BCUT2D eigenvalue weighted by Gasteiger charge is -2.18. The highest BCUT2D eigenvalue weighted by Gasteiger charge is 2.24. The van der Waals surface area contributed by atoms with Gasteiger partial charge in [0.2, 0.25) is 5.91 Å². The predicted octanol–water partition coefficient (Wildman–Crippen LogP) is 4.60. The van der Waals surface area contributed by atoms with Crippen molar-refractivity contribution in [3.63, 3.8) is 0 Å². The zero-order valence-electron chi connectivity index (χ0n) is 18.4. The minimum absolute atomic E-state index is 0.110. The Morgan fingerprint density at radius 3 is 2.64 bits per heavy atom. The normalized spacial score (nSPS) is 14.9. The number of rotatable bonds is 5. The summed E-state index contributed by atoms with van der Waals surface area (Å²) < 4.78 is 1.48. The van der Waals surface area contributed by atoms with Crippen molar-refractivity contribution < 1.29 is 9.59 Å². The number of para-hydroxylation sites is 1. The van der Waals surface area contributed by atoms with Gasteiger partial charge in [0.15, 0.2) is 5.16 Å². The number of hydrogen-bond acceptors (Lipinski definition) is 5. The number of carbonyl (C=O) groups excluding carboxylic acids is 2. The van der Waals surface area contributed by atoms with Crippen LogP contribution in [-0.4, -0.2) is 32.8 Å². The lowest BCUT2D eigenvalue weighted by molar-refractivity contribution is -0.119. The Morgan fingerprint density at radius 2 is 1.88 bits per heavy atom. The van der Waals surface area contributed by atoms with Gasteiger partial charge in [-0.1, -0.05) is 54.4 Å². The average molecular weight is 485 g/mol. The highest BCUT2D eigenvalue weighted by Crippen LogP contribution is 2.28. The van der Waals surface area contributed by atoms with Crippen LogP contribution in [0.25, 0.3) is 16.6 Å². The molecule has 1 aliphatic rings. The second-order valence-electron chi connectivity index (χ2n) is 8.14. The van der Waals surface area contributed by atoms with E-state index in [0.717, 1.165) is 43.0 Å². The molecule has 0 bridgehead atoms. The molecule has 1 heterocycles. The summed E-state index contributed by atoms with van der Waals surface area (Å²) in [7, 11) is 0. The Kier molecular flexibility index (Phi) is 7.05. The van der Waals surface area contributed by atoms with Crippen molar-refractivity contribution in [2.75, 3.05) is 0 Å². The van der Waals surface area contributed by atoms with E-state index < -0.39 is 17.2 Å². The number of carbonyl (C=O) groups is 2. The number of thioether (sulfide) groups is 1. The molecule has 1 aromatic heterocycles. The molecule has 1 aliphatic carbocycles. The van der Waals surface area contributed by atoms with E-state index in [-0.39, 0.29) is 11.6 Å². The van der Waals surface area contributed by atoms with Gasteiger partial charge in [-0.2, -0.15) is 0 Å². The first kappa shape index (κ1) is 23.3. The van der Waals surface area contributed by atoms with Gasteiger partial charge >= 0.3 is 6.03 Å². The summed E-state index contributed by atoms with van der Waals surface area (Å²) in [6.07, 6.45) is 4.02. The second-order valence-corrected chi connectivity index (χ2v) is 9.86.